The molecule has 0 saturated carbocycles. The number of rotatable bonds is 12. The first kappa shape index (κ1) is 19.3. The molecule has 0 radical (unpaired) electrons. The summed E-state index contributed by atoms with van der Waals surface area (Å²) in [6.07, 6.45) is 12.0. The van der Waals surface area contributed by atoms with Gasteiger partial charge in [0.25, 0.3) is 0 Å². The van der Waals surface area contributed by atoms with Gasteiger partial charge in [0.1, 0.15) is 0 Å². The quantitative estimate of drug-likeness (QED) is 0.374. The van der Waals surface area contributed by atoms with Crippen molar-refractivity contribution in [2.75, 3.05) is 13.2 Å². The molecule has 0 aliphatic rings. The lowest BCUT2D eigenvalue weighted by Crippen LogP contribution is -2.10. The van der Waals surface area contributed by atoms with E-state index in [1.807, 2.05) is 12.2 Å². The summed E-state index contributed by atoms with van der Waals surface area (Å²) >= 11 is 0. The molecule has 0 aliphatic heterocycles. The zero-order valence-electron chi connectivity index (χ0n) is 12.8. The lowest BCUT2D eigenvalue weighted by molar-refractivity contribution is 0.102. The summed E-state index contributed by atoms with van der Waals surface area (Å²) in [4.78, 5) is 0. The fraction of sp³-hybridized carbons (Fsp3) is 0.600. The Bertz CT molecular complexity index is 340. The Morgan fingerprint density at radius 1 is 1.05 bits per heavy atom. The van der Waals surface area contributed by atoms with Gasteiger partial charge in [-0.3, -0.25) is 13.6 Å². The second kappa shape index (κ2) is 12.1. The van der Waals surface area contributed by atoms with Crippen LogP contribution in [0.25, 0.3) is 0 Å². The molecule has 0 heterocycles. The van der Waals surface area contributed by atoms with Crippen molar-refractivity contribution >= 4 is 7.82 Å². The van der Waals surface area contributed by atoms with Gasteiger partial charge in [-0.05, 0) is 33.1 Å². The molecular weight excluding hydrogens is 275 g/mol. The van der Waals surface area contributed by atoms with Crippen molar-refractivity contribution in [3.05, 3.63) is 37.0 Å². The largest absolute Gasteiger partial charge is 0.475 e. The maximum atomic E-state index is 12.2. The standard InChI is InChI=1S/C15H27O4P/c1-5-9-10-11-12-13-14-15(6-2)19-20(16,17-7-3)18-8-4/h6,9-10,12-13,15H,2,5,7-8,11,14H2,1,3-4H3/b10-9-,13-12-/t15-/m0/s1. The van der Waals surface area contributed by atoms with Crippen molar-refractivity contribution in [3.8, 4) is 0 Å². The van der Waals surface area contributed by atoms with E-state index in [-0.39, 0.29) is 19.3 Å². The van der Waals surface area contributed by atoms with Crippen LogP contribution in [0.2, 0.25) is 0 Å². The van der Waals surface area contributed by atoms with Gasteiger partial charge in [-0.15, -0.1) is 6.58 Å². The highest BCUT2D eigenvalue weighted by Crippen LogP contribution is 2.50. The predicted octanol–water partition coefficient (Wildman–Crippen LogP) is 5.04. The third-order valence-corrected chi connectivity index (χ3v) is 3.99. The van der Waals surface area contributed by atoms with Gasteiger partial charge in [0.15, 0.2) is 0 Å². The fourth-order valence-electron chi connectivity index (χ4n) is 1.43. The molecule has 4 nitrogen and oxygen atoms in total. The average Bonchev–Trinajstić information content (AvgIpc) is 2.41. The van der Waals surface area contributed by atoms with E-state index in [0.717, 1.165) is 12.8 Å². The molecule has 0 saturated heterocycles. The van der Waals surface area contributed by atoms with E-state index in [1.165, 1.54) is 0 Å². The van der Waals surface area contributed by atoms with Crippen molar-refractivity contribution in [3.63, 3.8) is 0 Å². The zero-order valence-corrected chi connectivity index (χ0v) is 13.7. The molecule has 0 spiro atoms. The van der Waals surface area contributed by atoms with E-state index in [1.54, 1.807) is 19.9 Å². The summed E-state index contributed by atoms with van der Waals surface area (Å²) in [6.45, 7) is 9.84. The predicted molar refractivity (Wildman–Crippen MR) is 83.7 cm³/mol. The van der Waals surface area contributed by atoms with Crippen LogP contribution in [0.5, 0.6) is 0 Å². The summed E-state index contributed by atoms with van der Waals surface area (Å²) in [5.74, 6) is 0. The Balaban J connectivity index is 4.34. The first-order valence-corrected chi connectivity index (χ1v) is 8.57. The minimum absolute atomic E-state index is 0.277. The van der Waals surface area contributed by atoms with Crippen LogP contribution in [0.3, 0.4) is 0 Å². The molecule has 0 rings (SSSR count). The lowest BCUT2D eigenvalue weighted by Gasteiger charge is -2.20. The lowest BCUT2D eigenvalue weighted by atomic mass is 10.2. The van der Waals surface area contributed by atoms with Crippen molar-refractivity contribution in [1.82, 2.24) is 0 Å². The van der Waals surface area contributed by atoms with E-state index in [4.69, 9.17) is 13.6 Å². The van der Waals surface area contributed by atoms with Crippen LogP contribution < -0.4 is 0 Å². The minimum atomic E-state index is -3.48. The minimum Gasteiger partial charge on any atom is -0.287 e. The van der Waals surface area contributed by atoms with Crippen LogP contribution in [0.4, 0.5) is 0 Å². The third kappa shape index (κ3) is 9.27. The molecule has 0 amide bonds. The van der Waals surface area contributed by atoms with E-state index in [9.17, 15) is 4.57 Å². The number of hydrogen-bond donors (Lipinski definition) is 0. The topological polar surface area (TPSA) is 44.8 Å². The van der Waals surface area contributed by atoms with E-state index in [0.29, 0.717) is 6.42 Å². The van der Waals surface area contributed by atoms with Crippen LogP contribution >= 0.6 is 7.82 Å². The molecular formula is C15H27O4P. The van der Waals surface area contributed by atoms with Gasteiger partial charge in [0.2, 0.25) is 0 Å². The van der Waals surface area contributed by atoms with E-state index in [2.05, 4.69) is 25.7 Å². The Kier molecular flexibility index (Phi) is 11.7. The van der Waals surface area contributed by atoms with Crippen LogP contribution in [-0.4, -0.2) is 19.3 Å². The SMILES string of the molecule is C=C[C@@H](C/C=C\C/C=C\CC)OP(=O)(OCC)OCC. The maximum absolute atomic E-state index is 12.2. The average molecular weight is 302 g/mol. The zero-order chi connectivity index (χ0) is 15.3. The van der Waals surface area contributed by atoms with Crippen molar-refractivity contribution in [2.24, 2.45) is 0 Å². The first-order valence-electron chi connectivity index (χ1n) is 7.11. The van der Waals surface area contributed by atoms with Gasteiger partial charge < -0.3 is 0 Å². The molecule has 0 bridgehead atoms. The van der Waals surface area contributed by atoms with Crippen molar-refractivity contribution in [2.45, 2.75) is 46.1 Å². The molecule has 0 N–H and O–H groups in total. The van der Waals surface area contributed by atoms with E-state index >= 15 is 0 Å². The van der Waals surface area contributed by atoms with Crippen LogP contribution in [0.15, 0.2) is 37.0 Å². The van der Waals surface area contributed by atoms with Gasteiger partial charge in [0, 0.05) is 0 Å². The van der Waals surface area contributed by atoms with Crippen LogP contribution in [0.1, 0.15) is 40.0 Å². The molecule has 0 aromatic heterocycles. The van der Waals surface area contributed by atoms with Gasteiger partial charge in [-0.1, -0.05) is 37.3 Å². The summed E-state index contributed by atoms with van der Waals surface area (Å²) in [5.41, 5.74) is 0. The monoisotopic (exact) mass is 302 g/mol. The molecule has 5 heteroatoms. The molecule has 1 atom stereocenters. The number of allylic oxidation sites excluding steroid dienone is 3. The highest BCUT2D eigenvalue weighted by Gasteiger charge is 2.28. The Labute approximate surface area is 123 Å². The summed E-state index contributed by atoms with van der Waals surface area (Å²) in [7, 11) is -3.48. The fourth-order valence-corrected chi connectivity index (χ4v) is 2.76. The molecule has 0 aromatic rings. The highest BCUT2D eigenvalue weighted by atomic mass is 31.2. The molecule has 0 aromatic carbocycles. The third-order valence-electron chi connectivity index (χ3n) is 2.31. The summed E-state index contributed by atoms with van der Waals surface area (Å²) in [6, 6.07) is 0. The second-order valence-electron chi connectivity index (χ2n) is 3.98. The van der Waals surface area contributed by atoms with Crippen molar-refractivity contribution < 1.29 is 18.1 Å². The van der Waals surface area contributed by atoms with Gasteiger partial charge in [0.05, 0.1) is 19.3 Å². The second-order valence-corrected chi connectivity index (χ2v) is 5.61. The Hall–Kier alpha value is -0.670. The summed E-state index contributed by atoms with van der Waals surface area (Å²) < 4.78 is 27.8. The number of hydrogen-bond acceptors (Lipinski definition) is 4. The maximum Gasteiger partial charge on any atom is 0.475 e. The van der Waals surface area contributed by atoms with Crippen LogP contribution in [0, 0.1) is 0 Å². The van der Waals surface area contributed by atoms with Gasteiger partial charge in [-0.2, -0.15) is 0 Å². The van der Waals surface area contributed by atoms with Crippen LogP contribution in [-0.2, 0) is 18.1 Å². The summed E-state index contributed by atoms with van der Waals surface area (Å²) in [5, 5.41) is 0. The van der Waals surface area contributed by atoms with Crippen molar-refractivity contribution in [1.29, 1.82) is 0 Å². The number of phosphoric acid groups is 1. The Morgan fingerprint density at radius 3 is 2.15 bits per heavy atom. The normalized spacial score (nSPS) is 14.2. The Morgan fingerprint density at radius 2 is 1.65 bits per heavy atom. The molecule has 20 heavy (non-hydrogen) atoms. The smallest absolute Gasteiger partial charge is 0.287 e. The molecule has 0 unspecified atom stereocenters. The molecule has 0 aliphatic carbocycles. The molecule has 116 valence electrons. The highest BCUT2D eigenvalue weighted by molar-refractivity contribution is 7.48. The van der Waals surface area contributed by atoms with E-state index < -0.39 is 7.82 Å². The first-order chi connectivity index (χ1) is 9.61. The molecule has 0 fully saturated rings. The van der Waals surface area contributed by atoms with Gasteiger partial charge >= 0.3 is 7.82 Å². The van der Waals surface area contributed by atoms with Gasteiger partial charge in [-0.25, -0.2) is 4.57 Å². The number of phosphoric ester groups is 1.